The maximum atomic E-state index is 10.7. The standard InChI is InChI=1S/C14H15NO/c1-11(2)13-5-3-4-6-14(13)15-8-7-12(9-15)10-16/h3-11H,1-2H3. The molecule has 1 aromatic carbocycles. The summed E-state index contributed by atoms with van der Waals surface area (Å²) < 4.78 is 2.00. The molecule has 0 aliphatic carbocycles. The predicted molar refractivity (Wildman–Crippen MR) is 65.2 cm³/mol. The Morgan fingerprint density at radius 2 is 1.94 bits per heavy atom. The van der Waals surface area contributed by atoms with Gasteiger partial charge in [-0.2, -0.15) is 0 Å². The molecular weight excluding hydrogens is 198 g/mol. The van der Waals surface area contributed by atoms with Crippen LogP contribution in [0.5, 0.6) is 0 Å². The molecule has 0 bridgehead atoms. The first-order valence-corrected chi connectivity index (χ1v) is 5.45. The van der Waals surface area contributed by atoms with E-state index in [1.54, 1.807) is 0 Å². The molecule has 0 fully saturated rings. The van der Waals surface area contributed by atoms with Crippen LogP contribution in [0.15, 0.2) is 42.7 Å². The van der Waals surface area contributed by atoms with E-state index in [-0.39, 0.29) is 0 Å². The predicted octanol–water partition coefficient (Wildman–Crippen LogP) is 3.41. The number of hydrogen-bond donors (Lipinski definition) is 0. The summed E-state index contributed by atoms with van der Waals surface area (Å²) in [6.45, 7) is 4.34. The fraction of sp³-hybridized carbons (Fsp3) is 0.214. The van der Waals surface area contributed by atoms with Gasteiger partial charge in [-0.1, -0.05) is 32.0 Å². The smallest absolute Gasteiger partial charge is 0.151 e. The molecule has 0 amide bonds. The Morgan fingerprint density at radius 1 is 1.19 bits per heavy atom. The molecular formula is C14H15NO. The summed E-state index contributed by atoms with van der Waals surface area (Å²) in [6, 6.07) is 10.1. The Hall–Kier alpha value is -1.83. The third kappa shape index (κ3) is 1.91. The third-order valence-electron chi connectivity index (χ3n) is 2.69. The second-order valence-corrected chi connectivity index (χ2v) is 4.18. The van der Waals surface area contributed by atoms with Crippen molar-refractivity contribution in [3.63, 3.8) is 0 Å². The SMILES string of the molecule is CC(C)c1ccccc1-n1ccc(C=O)c1. The fourth-order valence-electron chi connectivity index (χ4n) is 1.84. The summed E-state index contributed by atoms with van der Waals surface area (Å²) in [5.41, 5.74) is 3.14. The van der Waals surface area contributed by atoms with E-state index in [2.05, 4.69) is 26.0 Å². The Bertz CT molecular complexity index is 497. The largest absolute Gasteiger partial charge is 0.323 e. The fourth-order valence-corrected chi connectivity index (χ4v) is 1.84. The maximum absolute atomic E-state index is 10.7. The van der Waals surface area contributed by atoms with Crippen LogP contribution in [0.2, 0.25) is 0 Å². The van der Waals surface area contributed by atoms with Gasteiger partial charge in [0.05, 0.1) is 0 Å². The highest BCUT2D eigenvalue weighted by Gasteiger charge is 2.07. The molecule has 0 saturated heterocycles. The molecule has 2 nitrogen and oxygen atoms in total. The van der Waals surface area contributed by atoms with Gasteiger partial charge in [0.2, 0.25) is 0 Å². The van der Waals surface area contributed by atoms with E-state index in [9.17, 15) is 4.79 Å². The summed E-state index contributed by atoms with van der Waals surface area (Å²) in [5.74, 6) is 0.471. The highest BCUT2D eigenvalue weighted by atomic mass is 16.1. The minimum absolute atomic E-state index is 0.471. The van der Waals surface area contributed by atoms with E-state index in [0.29, 0.717) is 11.5 Å². The molecule has 1 heterocycles. The minimum Gasteiger partial charge on any atom is -0.323 e. The molecule has 1 aromatic heterocycles. The van der Waals surface area contributed by atoms with Crippen LogP contribution in [0.3, 0.4) is 0 Å². The zero-order valence-electron chi connectivity index (χ0n) is 9.55. The topological polar surface area (TPSA) is 22.0 Å². The highest BCUT2D eigenvalue weighted by molar-refractivity contribution is 5.74. The highest BCUT2D eigenvalue weighted by Crippen LogP contribution is 2.23. The summed E-state index contributed by atoms with van der Waals surface area (Å²) in [5, 5.41) is 0. The Kier molecular flexibility index (Phi) is 2.91. The number of carbonyl (C=O) groups excluding carboxylic acids is 1. The lowest BCUT2D eigenvalue weighted by Crippen LogP contribution is -1.98. The first kappa shape index (κ1) is 10.7. The van der Waals surface area contributed by atoms with Crippen molar-refractivity contribution >= 4 is 6.29 Å². The number of benzene rings is 1. The van der Waals surface area contributed by atoms with E-state index in [1.165, 1.54) is 5.56 Å². The van der Waals surface area contributed by atoms with Crippen molar-refractivity contribution in [2.24, 2.45) is 0 Å². The lowest BCUT2D eigenvalue weighted by Gasteiger charge is -2.13. The Balaban J connectivity index is 2.50. The van der Waals surface area contributed by atoms with Crippen molar-refractivity contribution in [1.82, 2.24) is 4.57 Å². The van der Waals surface area contributed by atoms with E-state index in [1.807, 2.05) is 35.2 Å². The van der Waals surface area contributed by atoms with Crippen LogP contribution in [0.25, 0.3) is 5.69 Å². The van der Waals surface area contributed by atoms with Crippen LogP contribution >= 0.6 is 0 Å². The molecule has 0 aliphatic rings. The minimum atomic E-state index is 0.471. The van der Waals surface area contributed by atoms with Crippen molar-refractivity contribution in [2.75, 3.05) is 0 Å². The van der Waals surface area contributed by atoms with Gasteiger partial charge in [0.25, 0.3) is 0 Å². The zero-order valence-corrected chi connectivity index (χ0v) is 9.55. The van der Waals surface area contributed by atoms with E-state index < -0.39 is 0 Å². The van der Waals surface area contributed by atoms with Crippen LogP contribution in [-0.2, 0) is 0 Å². The molecule has 2 rings (SSSR count). The van der Waals surface area contributed by atoms with Gasteiger partial charge >= 0.3 is 0 Å². The molecule has 2 aromatic rings. The molecule has 0 atom stereocenters. The van der Waals surface area contributed by atoms with Crippen molar-refractivity contribution < 1.29 is 4.79 Å². The van der Waals surface area contributed by atoms with Crippen LogP contribution < -0.4 is 0 Å². The average molecular weight is 213 g/mol. The summed E-state index contributed by atoms with van der Waals surface area (Å²) in [4.78, 5) is 10.7. The monoisotopic (exact) mass is 213 g/mol. The van der Waals surface area contributed by atoms with Gasteiger partial charge in [0, 0.05) is 23.6 Å². The average Bonchev–Trinajstić information content (AvgIpc) is 2.77. The number of nitrogens with zero attached hydrogens (tertiary/aromatic N) is 1. The quantitative estimate of drug-likeness (QED) is 0.716. The number of rotatable bonds is 3. The van der Waals surface area contributed by atoms with E-state index >= 15 is 0 Å². The summed E-state index contributed by atoms with van der Waals surface area (Å²) in [6.07, 6.45) is 4.65. The molecule has 0 saturated carbocycles. The van der Waals surface area contributed by atoms with Crippen LogP contribution in [0.1, 0.15) is 35.7 Å². The molecule has 0 radical (unpaired) electrons. The van der Waals surface area contributed by atoms with Crippen LogP contribution in [-0.4, -0.2) is 10.9 Å². The van der Waals surface area contributed by atoms with E-state index in [0.717, 1.165) is 12.0 Å². The van der Waals surface area contributed by atoms with Gasteiger partial charge in [-0.3, -0.25) is 4.79 Å². The maximum Gasteiger partial charge on any atom is 0.151 e. The van der Waals surface area contributed by atoms with Gasteiger partial charge in [-0.25, -0.2) is 0 Å². The van der Waals surface area contributed by atoms with Gasteiger partial charge in [-0.05, 0) is 23.6 Å². The second kappa shape index (κ2) is 4.35. The molecule has 16 heavy (non-hydrogen) atoms. The molecule has 82 valence electrons. The molecule has 0 N–H and O–H groups in total. The van der Waals surface area contributed by atoms with Gasteiger partial charge in [0.15, 0.2) is 6.29 Å². The van der Waals surface area contributed by atoms with Gasteiger partial charge in [-0.15, -0.1) is 0 Å². The number of hydrogen-bond acceptors (Lipinski definition) is 1. The number of aromatic nitrogens is 1. The van der Waals surface area contributed by atoms with Crippen LogP contribution in [0, 0.1) is 0 Å². The first-order chi connectivity index (χ1) is 7.72. The molecule has 0 spiro atoms. The number of carbonyl (C=O) groups is 1. The van der Waals surface area contributed by atoms with Gasteiger partial charge < -0.3 is 4.57 Å². The van der Waals surface area contributed by atoms with Crippen molar-refractivity contribution in [3.8, 4) is 5.69 Å². The van der Waals surface area contributed by atoms with Crippen molar-refractivity contribution in [1.29, 1.82) is 0 Å². The molecule has 0 aliphatic heterocycles. The van der Waals surface area contributed by atoms with Crippen molar-refractivity contribution in [3.05, 3.63) is 53.9 Å². The normalized spacial score (nSPS) is 10.7. The summed E-state index contributed by atoms with van der Waals surface area (Å²) in [7, 11) is 0. The van der Waals surface area contributed by atoms with Crippen molar-refractivity contribution in [2.45, 2.75) is 19.8 Å². The lowest BCUT2D eigenvalue weighted by atomic mass is 10.0. The molecule has 0 unspecified atom stereocenters. The van der Waals surface area contributed by atoms with Crippen LogP contribution in [0.4, 0.5) is 0 Å². The Labute approximate surface area is 95.5 Å². The van der Waals surface area contributed by atoms with Gasteiger partial charge in [0.1, 0.15) is 0 Å². The Morgan fingerprint density at radius 3 is 2.56 bits per heavy atom. The second-order valence-electron chi connectivity index (χ2n) is 4.18. The third-order valence-corrected chi connectivity index (χ3v) is 2.69. The molecule has 2 heteroatoms. The lowest BCUT2D eigenvalue weighted by molar-refractivity contribution is 0.112. The number of aldehydes is 1. The number of para-hydroxylation sites is 1. The summed E-state index contributed by atoms with van der Waals surface area (Å²) >= 11 is 0. The van der Waals surface area contributed by atoms with E-state index in [4.69, 9.17) is 0 Å². The first-order valence-electron chi connectivity index (χ1n) is 5.45. The zero-order chi connectivity index (χ0) is 11.5.